The number of benzene rings is 2. The van der Waals surface area contributed by atoms with Crippen LogP contribution < -0.4 is 19.5 Å². The number of methoxy groups -OCH3 is 3. The molecular formula is C23H25N3O4. The molecule has 30 heavy (non-hydrogen) atoms. The highest BCUT2D eigenvalue weighted by molar-refractivity contribution is 5.95. The van der Waals surface area contributed by atoms with Crippen molar-refractivity contribution in [3.8, 4) is 22.9 Å². The minimum absolute atomic E-state index is 0.0729. The Morgan fingerprint density at radius 2 is 1.73 bits per heavy atom. The first-order valence-corrected chi connectivity index (χ1v) is 9.87. The van der Waals surface area contributed by atoms with Crippen LogP contribution in [-0.2, 0) is 11.2 Å². The summed E-state index contributed by atoms with van der Waals surface area (Å²) < 4.78 is 18.4. The number of hydrogen-bond donors (Lipinski definition) is 1. The van der Waals surface area contributed by atoms with Gasteiger partial charge in [0.15, 0.2) is 11.5 Å². The van der Waals surface area contributed by atoms with Gasteiger partial charge < -0.3 is 19.5 Å². The Labute approximate surface area is 175 Å². The van der Waals surface area contributed by atoms with Gasteiger partial charge in [-0.3, -0.25) is 4.79 Å². The van der Waals surface area contributed by atoms with Gasteiger partial charge in [0.25, 0.3) is 0 Å². The average molecular weight is 407 g/mol. The standard InChI is InChI=1S/C23H25N3O4/c1-5-14-6-8-15(9-7-14)26-23-18(13-24-26)17(12-20(27)25-23)16-10-11-19(28-2)22(30-4)21(16)29-3/h6-11,13,17H,5,12H2,1-4H3,(H,25,27). The lowest BCUT2D eigenvalue weighted by atomic mass is 9.86. The predicted molar refractivity (Wildman–Crippen MR) is 114 cm³/mol. The fourth-order valence-electron chi connectivity index (χ4n) is 3.96. The summed E-state index contributed by atoms with van der Waals surface area (Å²) in [6.45, 7) is 2.12. The van der Waals surface area contributed by atoms with Gasteiger partial charge in [0, 0.05) is 23.5 Å². The van der Waals surface area contributed by atoms with Gasteiger partial charge in [0.1, 0.15) is 5.82 Å². The molecule has 0 fully saturated rings. The number of amides is 1. The highest BCUT2D eigenvalue weighted by Crippen LogP contribution is 2.47. The second kappa shape index (κ2) is 8.10. The van der Waals surface area contributed by atoms with Crippen LogP contribution in [0.4, 0.5) is 5.82 Å². The molecule has 0 radical (unpaired) electrons. The molecule has 4 rings (SSSR count). The fraction of sp³-hybridized carbons (Fsp3) is 0.304. The van der Waals surface area contributed by atoms with Crippen LogP contribution in [0.25, 0.3) is 5.69 Å². The Balaban J connectivity index is 1.82. The number of nitrogens with zero attached hydrogens (tertiary/aromatic N) is 2. The molecule has 1 N–H and O–H groups in total. The van der Waals surface area contributed by atoms with Crippen molar-refractivity contribution >= 4 is 11.7 Å². The van der Waals surface area contributed by atoms with E-state index >= 15 is 0 Å². The maximum absolute atomic E-state index is 12.6. The van der Waals surface area contributed by atoms with Crippen molar-refractivity contribution in [2.45, 2.75) is 25.7 Å². The van der Waals surface area contributed by atoms with Crippen molar-refractivity contribution in [2.24, 2.45) is 0 Å². The van der Waals surface area contributed by atoms with E-state index in [1.807, 2.05) is 30.5 Å². The summed E-state index contributed by atoms with van der Waals surface area (Å²) in [5, 5.41) is 7.56. The zero-order valence-electron chi connectivity index (χ0n) is 17.6. The number of anilines is 1. The summed E-state index contributed by atoms with van der Waals surface area (Å²) in [6.07, 6.45) is 3.07. The van der Waals surface area contributed by atoms with Crippen molar-refractivity contribution in [3.63, 3.8) is 0 Å². The summed E-state index contributed by atoms with van der Waals surface area (Å²) in [4.78, 5) is 12.6. The molecular weight excluding hydrogens is 382 g/mol. The molecule has 0 saturated carbocycles. The SMILES string of the molecule is CCc1ccc(-n2ncc3c2NC(=O)CC3c2ccc(OC)c(OC)c2OC)cc1. The molecule has 0 bridgehead atoms. The summed E-state index contributed by atoms with van der Waals surface area (Å²) in [5.74, 6) is 2.03. The summed E-state index contributed by atoms with van der Waals surface area (Å²) >= 11 is 0. The third kappa shape index (κ3) is 3.26. The van der Waals surface area contributed by atoms with Gasteiger partial charge in [-0.2, -0.15) is 5.10 Å². The second-order valence-corrected chi connectivity index (χ2v) is 7.11. The largest absolute Gasteiger partial charge is 0.493 e. The zero-order valence-corrected chi connectivity index (χ0v) is 17.6. The molecule has 1 amide bonds. The molecule has 156 valence electrons. The number of carbonyl (C=O) groups excluding carboxylic acids is 1. The second-order valence-electron chi connectivity index (χ2n) is 7.11. The number of aryl methyl sites for hydroxylation is 1. The van der Waals surface area contributed by atoms with Gasteiger partial charge in [-0.1, -0.05) is 25.1 Å². The maximum atomic E-state index is 12.6. The number of ether oxygens (including phenoxy) is 3. The average Bonchev–Trinajstić information content (AvgIpc) is 3.21. The number of rotatable bonds is 6. The molecule has 2 aromatic carbocycles. The Morgan fingerprint density at radius 3 is 2.37 bits per heavy atom. The highest BCUT2D eigenvalue weighted by atomic mass is 16.5. The first-order valence-electron chi connectivity index (χ1n) is 9.87. The van der Waals surface area contributed by atoms with Gasteiger partial charge >= 0.3 is 0 Å². The monoisotopic (exact) mass is 407 g/mol. The van der Waals surface area contributed by atoms with E-state index in [1.165, 1.54) is 5.56 Å². The third-order valence-electron chi connectivity index (χ3n) is 5.52. The normalized spacial score (nSPS) is 15.3. The topological polar surface area (TPSA) is 74.6 Å². The van der Waals surface area contributed by atoms with Gasteiger partial charge in [-0.15, -0.1) is 0 Å². The first-order chi connectivity index (χ1) is 14.6. The third-order valence-corrected chi connectivity index (χ3v) is 5.52. The van der Waals surface area contributed by atoms with Crippen LogP contribution in [0.5, 0.6) is 17.2 Å². The van der Waals surface area contributed by atoms with Crippen molar-refractivity contribution in [2.75, 3.05) is 26.6 Å². The van der Waals surface area contributed by atoms with Gasteiger partial charge in [0.2, 0.25) is 11.7 Å². The van der Waals surface area contributed by atoms with Crippen LogP contribution in [-0.4, -0.2) is 37.0 Å². The van der Waals surface area contributed by atoms with Gasteiger partial charge in [0.05, 0.1) is 33.2 Å². The van der Waals surface area contributed by atoms with Crippen molar-refractivity contribution < 1.29 is 19.0 Å². The molecule has 7 nitrogen and oxygen atoms in total. The number of hydrogen-bond acceptors (Lipinski definition) is 5. The molecule has 3 aromatic rings. The van der Waals surface area contributed by atoms with Crippen LogP contribution in [0.2, 0.25) is 0 Å². The van der Waals surface area contributed by atoms with E-state index in [-0.39, 0.29) is 11.8 Å². The Morgan fingerprint density at radius 1 is 1.00 bits per heavy atom. The van der Waals surface area contributed by atoms with Crippen LogP contribution in [0.15, 0.2) is 42.6 Å². The molecule has 0 aliphatic carbocycles. The van der Waals surface area contributed by atoms with Crippen molar-refractivity contribution in [3.05, 3.63) is 59.3 Å². The van der Waals surface area contributed by atoms with Gasteiger partial charge in [-0.05, 0) is 30.2 Å². The number of nitrogens with one attached hydrogen (secondary N) is 1. The molecule has 7 heteroatoms. The molecule has 1 aliphatic rings. The quantitative estimate of drug-likeness (QED) is 0.670. The van der Waals surface area contributed by atoms with Crippen molar-refractivity contribution in [1.82, 2.24) is 9.78 Å². The first kappa shape index (κ1) is 19.8. The van der Waals surface area contributed by atoms with E-state index in [2.05, 4.69) is 29.5 Å². The Bertz CT molecular complexity index is 1070. The van der Waals surface area contributed by atoms with Crippen LogP contribution >= 0.6 is 0 Å². The van der Waals surface area contributed by atoms with E-state index < -0.39 is 0 Å². The molecule has 0 spiro atoms. The Kier molecular flexibility index (Phi) is 5.35. The Hall–Kier alpha value is -3.48. The van der Waals surface area contributed by atoms with E-state index in [0.29, 0.717) is 29.5 Å². The molecule has 0 saturated heterocycles. The highest BCUT2D eigenvalue weighted by Gasteiger charge is 2.33. The zero-order chi connectivity index (χ0) is 21.3. The summed E-state index contributed by atoms with van der Waals surface area (Å²) in [7, 11) is 4.74. The summed E-state index contributed by atoms with van der Waals surface area (Å²) in [6, 6.07) is 11.9. The minimum atomic E-state index is -0.216. The molecule has 1 unspecified atom stereocenters. The van der Waals surface area contributed by atoms with Gasteiger partial charge in [-0.25, -0.2) is 4.68 Å². The van der Waals surface area contributed by atoms with E-state index in [4.69, 9.17) is 14.2 Å². The molecule has 1 aliphatic heterocycles. The molecule has 1 atom stereocenters. The smallest absolute Gasteiger partial charge is 0.226 e. The number of aromatic nitrogens is 2. The van der Waals surface area contributed by atoms with Crippen LogP contribution in [0, 0.1) is 0 Å². The molecule has 2 heterocycles. The van der Waals surface area contributed by atoms with Crippen molar-refractivity contribution in [1.29, 1.82) is 0 Å². The lowest BCUT2D eigenvalue weighted by molar-refractivity contribution is -0.116. The minimum Gasteiger partial charge on any atom is -0.493 e. The lowest BCUT2D eigenvalue weighted by Crippen LogP contribution is -2.25. The lowest BCUT2D eigenvalue weighted by Gasteiger charge is -2.26. The maximum Gasteiger partial charge on any atom is 0.226 e. The molecule has 1 aromatic heterocycles. The van der Waals surface area contributed by atoms with Crippen LogP contribution in [0.3, 0.4) is 0 Å². The summed E-state index contributed by atoms with van der Waals surface area (Å²) in [5.41, 5.74) is 3.93. The fourth-order valence-corrected chi connectivity index (χ4v) is 3.96. The van der Waals surface area contributed by atoms with E-state index in [1.54, 1.807) is 26.0 Å². The van der Waals surface area contributed by atoms with E-state index in [0.717, 1.165) is 23.2 Å². The van der Waals surface area contributed by atoms with Crippen LogP contribution in [0.1, 0.15) is 36.0 Å². The number of fused-ring (bicyclic) bond motifs is 1. The van der Waals surface area contributed by atoms with E-state index in [9.17, 15) is 4.79 Å². The predicted octanol–water partition coefficient (Wildman–Crippen LogP) is 3.93. The number of carbonyl (C=O) groups is 1.